The molecule has 0 saturated heterocycles. The maximum atomic E-state index is 12.8. The molecular formula is C19H18N4O2S2. The minimum absolute atomic E-state index is 0.253. The molecule has 1 aromatic carbocycles. The summed E-state index contributed by atoms with van der Waals surface area (Å²) in [5, 5.41) is 17.1. The lowest BCUT2D eigenvalue weighted by Crippen LogP contribution is -2.45. The number of nitrogens with zero attached hydrogens (tertiary/aromatic N) is 2. The average molecular weight is 399 g/mol. The predicted molar refractivity (Wildman–Crippen MR) is 106 cm³/mol. The zero-order valence-electron chi connectivity index (χ0n) is 14.4. The monoisotopic (exact) mass is 398 g/mol. The van der Waals surface area contributed by atoms with Gasteiger partial charge < -0.3 is 5.32 Å². The first-order chi connectivity index (χ1) is 13.2. The summed E-state index contributed by atoms with van der Waals surface area (Å²) >= 11 is 2.75. The maximum absolute atomic E-state index is 12.8. The minimum atomic E-state index is -0.699. The van der Waals surface area contributed by atoms with Crippen LogP contribution in [0.1, 0.15) is 39.0 Å². The van der Waals surface area contributed by atoms with E-state index in [0.717, 1.165) is 23.4 Å². The summed E-state index contributed by atoms with van der Waals surface area (Å²) in [6.45, 7) is 0. The van der Waals surface area contributed by atoms with Crippen molar-refractivity contribution in [3.8, 4) is 0 Å². The molecule has 1 atom stereocenters. The molecule has 0 aliphatic heterocycles. The Balaban J connectivity index is 1.48. The fourth-order valence-electron chi connectivity index (χ4n) is 2.67. The largest absolute Gasteiger partial charge is 0.339 e. The third-order valence-electron chi connectivity index (χ3n) is 4.25. The summed E-state index contributed by atoms with van der Waals surface area (Å²) in [7, 11) is 0. The van der Waals surface area contributed by atoms with E-state index < -0.39 is 6.04 Å². The Hall–Kier alpha value is -2.58. The van der Waals surface area contributed by atoms with Crippen LogP contribution in [0.2, 0.25) is 0 Å². The van der Waals surface area contributed by atoms with Crippen molar-refractivity contribution in [3.05, 3.63) is 63.3 Å². The molecule has 2 N–H and O–H groups in total. The molecule has 1 aliphatic carbocycles. The Bertz CT molecular complexity index is 920. The number of carbonyl (C=O) groups is 2. The van der Waals surface area contributed by atoms with Crippen molar-refractivity contribution in [2.24, 2.45) is 0 Å². The van der Waals surface area contributed by atoms with Crippen LogP contribution >= 0.6 is 22.7 Å². The Kier molecular flexibility index (Phi) is 5.26. The third kappa shape index (κ3) is 4.58. The highest BCUT2D eigenvalue weighted by Crippen LogP contribution is 2.42. The minimum Gasteiger partial charge on any atom is -0.339 e. The summed E-state index contributed by atoms with van der Waals surface area (Å²) in [6.07, 6.45) is 2.67. The van der Waals surface area contributed by atoms with Crippen LogP contribution in [-0.4, -0.2) is 28.1 Å². The van der Waals surface area contributed by atoms with Gasteiger partial charge >= 0.3 is 0 Å². The molecule has 2 heterocycles. The fourth-order valence-corrected chi connectivity index (χ4v) is 4.21. The Morgan fingerprint density at radius 2 is 1.93 bits per heavy atom. The standard InChI is InChI=1S/C19H18N4O2S2/c24-16(21-19-23-22-18(27-19)13-8-9-13)14(11-12-5-2-1-3-6-12)20-17(25)15-7-4-10-26-15/h1-7,10,13-14H,8-9,11H2,(H,20,25)(H,21,23,24). The predicted octanol–water partition coefficient (Wildman–Crippen LogP) is 3.46. The van der Waals surface area contributed by atoms with Crippen LogP contribution in [0.3, 0.4) is 0 Å². The van der Waals surface area contributed by atoms with E-state index in [-0.39, 0.29) is 11.8 Å². The molecule has 8 heteroatoms. The lowest BCUT2D eigenvalue weighted by molar-refractivity contribution is -0.118. The first-order valence-electron chi connectivity index (χ1n) is 8.71. The van der Waals surface area contributed by atoms with Crippen LogP contribution in [0.5, 0.6) is 0 Å². The summed E-state index contributed by atoms with van der Waals surface area (Å²) in [5.74, 6) is -0.0499. The molecule has 0 radical (unpaired) electrons. The second kappa shape index (κ2) is 7.98. The summed E-state index contributed by atoms with van der Waals surface area (Å²) < 4.78 is 0. The highest BCUT2D eigenvalue weighted by atomic mass is 32.1. The fraction of sp³-hybridized carbons (Fsp3) is 0.263. The number of hydrogen-bond acceptors (Lipinski definition) is 6. The summed E-state index contributed by atoms with van der Waals surface area (Å²) in [4.78, 5) is 25.9. The van der Waals surface area contributed by atoms with Crippen molar-refractivity contribution in [1.82, 2.24) is 15.5 Å². The van der Waals surface area contributed by atoms with Crippen LogP contribution in [0.25, 0.3) is 0 Å². The van der Waals surface area contributed by atoms with Gasteiger partial charge in [0, 0.05) is 12.3 Å². The van der Waals surface area contributed by atoms with Crippen molar-refractivity contribution >= 4 is 39.6 Å². The molecule has 0 spiro atoms. The van der Waals surface area contributed by atoms with E-state index in [2.05, 4.69) is 20.8 Å². The maximum Gasteiger partial charge on any atom is 0.262 e. The number of rotatable bonds is 7. The van der Waals surface area contributed by atoms with Crippen molar-refractivity contribution in [2.45, 2.75) is 31.2 Å². The van der Waals surface area contributed by atoms with Crippen LogP contribution in [-0.2, 0) is 11.2 Å². The van der Waals surface area contributed by atoms with Crippen LogP contribution < -0.4 is 10.6 Å². The molecule has 2 amide bonds. The van der Waals surface area contributed by atoms with Crippen molar-refractivity contribution in [1.29, 1.82) is 0 Å². The molecule has 1 fully saturated rings. The SMILES string of the molecule is O=C(NC(Cc1ccccc1)C(=O)Nc1nnc(C2CC2)s1)c1cccs1. The van der Waals surface area contributed by atoms with Gasteiger partial charge in [-0.25, -0.2) is 0 Å². The van der Waals surface area contributed by atoms with Gasteiger partial charge in [-0.15, -0.1) is 21.5 Å². The van der Waals surface area contributed by atoms with Gasteiger partial charge in [0.05, 0.1) is 4.88 Å². The number of aromatic nitrogens is 2. The molecule has 4 rings (SSSR count). The van der Waals surface area contributed by atoms with Crippen LogP contribution in [0.15, 0.2) is 47.8 Å². The van der Waals surface area contributed by atoms with Crippen molar-refractivity contribution in [3.63, 3.8) is 0 Å². The number of amides is 2. The second-order valence-electron chi connectivity index (χ2n) is 6.40. The van der Waals surface area contributed by atoms with E-state index in [1.165, 1.54) is 22.7 Å². The topological polar surface area (TPSA) is 84.0 Å². The van der Waals surface area contributed by atoms with Crippen LogP contribution in [0, 0.1) is 0 Å². The molecule has 27 heavy (non-hydrogen) atoms. The summed E-state index contributed by atoms with van der Waals surface area (Å²) in [5.41, 5.74) is 0.972. The third-order valence-corrected chi connectivity index (χ3v) is 6.12. The molecule has 1 aliphatic rings. The first kappa shape index (κ1) is 17.8. The molecule has 2 aromatic heterocycles. The Labute approximate surface area is 164 Å². The van der Waals surface area contributed by atoms with E-state index in [9.17, 15) is 9.59 Å². The van der Waals surface area contributed by atoms with E-state index in [4.69, 9.17) is 0 Å². The van der Waals surface area contributed by atoms with Gasteiger partial charge in [0.2, 0.25) is 11.0 Å². The van der Waals surface area contributed by atoms with Crippen LogP contribution in [0.4, 0.5) is 5.13 Å². The quantitative estimate of drug-likeness (QED) is 0.638. The van der Waals surface area contributed by atoms with E-state index in [1.54, 1.807) is 6.07 Å². The first-order valence-corrected chi connectivity index (χ1v) is 10.4. The second-order valence-corrected chi connectivity index (χ2v) is 8.36. The average Bonchev–Trinajstić information content (AvgIpc) is 3.18. The van der Waals surface area contributed by atoms with Gasteiger partial charge in [0.25, 0.3) is 5.91 Å². The zero-order valence-corrected chi connectivity index (χ0v) is 16.1. The molecule has 6 nitrogen and oxygen atoms in total. The molecule has 3 aromatic rings. The van der Waals surface area contributed by atoms with Gasteiger partial charge in [-0.3, -0.25) is 14.9 Å². The molecular weight excluding hydrogens is 380 g/mol. The zero-order chi connectivity index (χ0) is 18.6. The smallest absolute Gasteiger partial charge is 0.262 e. The van der Waals surface area contributed by atoms with Crippen molar-refractivity contribution < 1.29 is 9.59 Å². The molecule has 1 unspecified atom stereocenters. The number of nitrogens with one attached hydrogen (secondary N) is 2. The van der Waals surface area contributed by atoms with Gasteiger partial charge in [-0.05, 0) is 29.9 Å². The number of anilines is 1. The molecule has 1 saturated carbocycles. The van der Waals surface area contributed by atoms with Crippen molar-refractivity contribution in [2.75, 3.05) is 5.32 Å². The lowest BCUT2D eigenvalue weighted by atomic mass is 10.1. The summed E-state index contributed by atoms with van der Waals surface area (Å²) in [6, 6.07) is 12.5. The highest BCUT2D eigenvalue weighted by Gasteiger charge is 2.29. The van der Waals surface area contributed by atoms with E-state index in [1.807, 2.05) is 41.8 Å². The Morgan fingerprint density at radius 3 is 2.63 bits per heavy atom. The number of benzene rings is 1. The highest BCUT2D eigenvalue weighted by molar-refractivity contribution is 7.15. The number of hydrogen-bond donors (Lipinski definition) is 2. The number of thiophene rings is 1. The van der Waals surface area contributed by atoms with E-state index >= 15 is 0 Å². The van der Waals surface area contributed by atoms with Gasteiger partial charge in [0.15, 0.2) is 0 Å². The van der Waals surface area contributed by atoms with Gasteiger partial charge in [0.1, 0.15) is 11.0 Å². The number of carbonyl (C=O) groups excluding carboxylic acids is 2. The lowest BCUT2D eigenvalue weighted by Gasteiger charge is -2.17. The molecule has 0 bridgehead atoms. The molecule has 138 valence electrons. The van der Waals surface area contributed by atoms with E-state index in [0.29, 0.717) is 22.3 Å². The van der Waals surface area contributed by atoms with Gasteiger partial charge in [-0.2, -0.15) is 0 Å². The Morgan fingerprint density at radius 1 is 1.11 bits per heavy atom. The van der Waals surface area contributed by atoms with Gasteiger partial charge in [-0.1, -0.05) is 47.7 Å². The normalized spacial score (nSPS) is 14.5.